The van der Waals surface area contributed by atoms with Gasteiger partial charge in [0.2, 0.25) is 0 Å². The fourth-order valence-electron chi connectivity index (χ4n) is 2.85. The Morgan fingerprint density at radius 2 is 1.88 bits per heavy atom. The van der Waals surface area contributed by atoms with Gasteiger partial charge in [0.05, 0.1) is 0 Å². The second kappa shape index (κ2) is 6.44. The van der Waals surface area contributed by atoms with Gasteiger partial charge in [0, 0.05) is 24.6 Å². The first kappa shape index (κ1) is 12.9. The molecule has 0 radical (unpaired) electrons. The summed E-state index contributed by atoms with van der Waals surface area (Å²) in [6.07, 6.45) is 7.14. The van der Waals surface area contributed by atoms with Crippen molar-refractivity contribution in [3.8, 4) is 0 Å². The molecular formula is C15H22BrN. The maximum atomic E-state index is 3.58. The summed E-state index contributed by atoms with van der Waals surface area (Å²) in [4.78, 5) is 2.44. The van der Waals surface area contributed by atoms with Crippen molar-refractivity contribution in [1.82, 2.24) is 0 Å². The zero-order chi connectivity index (χ0) is 12.1. The largest absolute Gasteiger partial charge is 0.374 e. The van der Waals surface area contributed by atoms with Gasteiger partial charge < -0.3 is 4.90 Å². The number of hydrogen-bond donors (Lipinski definition) is 0. The standard InChI is InChI=1S/C15H22BrN/c1-17(12-13-7-3-2-4-8-13)15-10-6-5-9-14(15)11-16/h5-6,9-10,13H,2-4,7-8,11-12H2,1H3. The Morgan fingerprint density at radius 1 is 1.18 bits per heavy atom. The van der Waals surface area contributed by atoms with Gasteiger partial charge in [-0.05, 0) is 30.4 Å². The Bertz CT molecular complexity index is 345. The fourth-order valence-corrected chi connectivity index (χ4v) is 3.33. The molecule has 0 unspecified atom stereocenters. The number of anilines is 1. The third kappa shape index (κ3) is 3.48. The van der Waals surface area contributed by atoms with Crippen molar-refractivity contribution in [2.75, 3.05) is 18.5 Å². The molecule has 0 aromatic heterocycles. The molecule has 2 heteroatoms. The van der Waals surface area contributed by atoms with Gasteiger partial charge in [-0.2, -0.15) is 0 Å². The predicted octanol–water partition coefficient (Wildman–Crippen LogP) is 4.60. The molecule has 94 valence electrons. The van der Waals surface area contributed by atoms with Crippen LogP contribution in [0, 0.1) is 5.92 Å². The van der Waals surface area contributed by atoms with Crippen molar-refractivity contribution in [3.63, 3.8) is 0 Å². The van der Waals surface area contributed by atoms with Crippen LogP contribution < -0.4 is 4.90 Å². The quantitative estimate of drug-likeness (QED) is 0.734. The maximum Gasteiger partial charge on any atom is 0.0404 e. The molecule has 1 aliphatic rings. The SMILES string of the molecule is CN(CC1CCCCC1)c1ccccc1CBr. The Balaban J connectivity index is 2.00. The van der Waals surface area contributed by atoms with Crippen molar-refractivity contribution in [2.45, 2.75) is 37.4 Å². The number of rotatable bonds is 4. The average molecular weight is 296 g/mol. The van der Waals surface area contributed by atoms with Crippen LogP contribution in [-0.4, -0.2) is 13.6 Å². The number of benzene rings is 1. The van der Waals surface area contributed by atoms with Crippen molar-refractivity contribution in [2.24, 2.45) is 5.92 Å². The van der Waals surface area contributed by atoms with Crippen molar-refractivity contribution < 1.29 is 0 Å². The van der Waals surface area contributed by atoms with Gasteiger partial charge in [0.15, 0.2) is 0 Å². The Kier molecular flexibility index (Phi) is 4.90. The Labute approximate surface area is 113 Å². The second-order valence-electron chi connectivity index (χ2n) is 5.15. The summed E-state index contributed by atoms with van der Waals surface area (Å²) in [5.74, 6) is 0.900. The molecule has 1 aromatic rings. The summed E-state index contributed by atoms with van der Waals surface area (Å²) in [5, 5.41) is 0.943. The van der Waals surface area contributed by atoms with Crippen LogP contribution in [0.2, 0.25) is 0 Å². The van der Waals surface area contributed by atoms with Gasteiger partial charge in [-0.3, -0.25) is 0 Å². The van der Waals surface area contributed by atoms with E-state index in [0.717, 1.165) is 11.2 Å². The van der Waals surface area contributed by atoms with E-state index < -0.39 is 0 Å². The van der Waals surface area contributed by atoms with E-state index in [-0.39, 0.29) is 0 Å². The number of halogens is 1. The highest BCUT2D eigenvalue weighted by Crippen LogP contribution is 2.27. The maximum absolute atomic E-state index is 3.58. The molecule has 0 saturated heterocycles. The van der Waals surface area contributed by atoms with Crippen LogP contribution in [0.5, 0.6) is 0 Å². The first-order valence-corrected chi connectivity index (χ1v) is 7.78. The van der Waals surface area contributed by atoms with Crippen LogP contribution in [-0.2, 0) is 5.33 Å². The summed E-state index contributed by atoms with van der Waals surface area (Å²) >= 11 is 3.58. The number of nitrogens with zero attached hydrogens (tertiary/aromatic N) is 1. The van der Waals surface area contributed by atoms with Crippen molar-refractivity contribution >= 4 is 21.6 Å². The third-order valence-corrected chi connectivity index (χ3v) is 4.41. The van der Waals surface area contributed by atoms with Gasteiger partial charge >= 0.3 is 0 Å². The lowest BCUT2D eigenvalue weighted by molar-refractivity contribution is 0.362. The summed E-state index contributed by atoms with van der Waals surface area (Å²) in [5.41, 5.74) is 2.78. The van der Waals surface area contributed by atoms with E-state index in [1.165, 1.54) is 49.9 Å². The van der Waals surface area contributed by atoms with E-state index in [2.05, 4.69) is 52.1 Å². The molecule has 0 aliphatic heterocycles. The normalized spacial score (nSPS) is 17.1. The van der Waals surface area contributed by atoms with Gasteiger partial charge in [0.1, 0.15) is 0 Å². The van der Waals surface area contributed by atoms with Crippen molar-refractivity contribution in [3.05, 3.63) is 29.8 Å². The van der Waals surface area contributed by atoms with Gasteiger partial charge in [-0.25, -0.2) is 0 Å². The van der Waals surface area contributed by atoms with Gasteiger partial charge in [0.25, 0.3) is 0 Å². The molecule has 0 spiro atoms. The summed E-state index contributed by atoms with van der Waals surface area (Å²) in [7, 11) is 2.23. The molecule has 1 saturated carbocycles. The molecule has 0 heterocycles. The van der Waals surface area contributed by atoms with E-state index in [1.54, 1.807) is 0 Å². The van der Waals surface area contributed by atoms with Crippen LogP contribution >= 0.6 is 15.9 Å². The minimum absolute atomic E-state index is 0.900. The van der Waals surface area contributed by atoms with E-state index in [1.807, 2.05) is 0 Å². The molecule has 0 bridgehead atoms. The highest BCUT2D eigenvalue weighted by molar-refractivity contribution is 9.08. The van der Waals surface area contributed by atoms with Crippen LogP contribution in [0.4, 0.5) is 5.69 Å². The Hall–Kier alpha value is -0.500. The second-order valence-corrected chi connectivity index (χ2v) is 5.71. The first-order chi connectivity index (χ1) is 8.31. The molecule has 1 fully saturated rings. The van der Waals surface area contributed by atoms with Crippen LogP contribution in [0.25, 0.3) is 0 Å². The highest BCUT2D eigenvalue weighted by Gasteiger charge is 2.16. The molecule has 2 rings (SSSR count). The molecule has 1 aromatic carbocycles. The van der Waals surface area contributed by atoms with Crippen LogP contribution in [0.3, 0.4) is 0 Å². The average Bonchev–Trinajstić information content (AvgIpc) is 2.40. The predicted molar refractivity (Wildman–Crippen MR) is 78.9 cm³/mol. The zero-order valence-electron chi connectivity index (χ0n) is 10.7. The molecular weight excluding hydrogens is 274 g/mol. The minimum atomic E-state index is 0.900. The smallest absolute Gasteiger partial charge is 0.0404 e. The van der Waals surface area contributed by atoms with E-state index in [0.29, 0.717) is 0 Å². The lowest BCUT2D eigenvalue weighted by Gasteiger charge is -2.29. The lowest BCUT2D eigenvalue weighted by atomic mass is 9.89. The molecule has 1 nitrogen and oxygen atoms in total. The van der Waals surface area contributed by atoms with Crippen LogP contribution in [0.15, 0.2) is 24.3 Å². The van der Waals surface area contributed by atoms with E-state index >= 15 is 0 Å². The molecule has 0 atom stereocenters. The summed E-state index contributed by atoms with van der Waals surface area (Å²) in [6.45, 7) is 1.21. The molecule has 17 heavy (non-hydrogen) atoms. The van der Waals surface area contributed by atoms with E-state index in [4.69, 9.17) is 0 Å². The number of hydrogen-bond acceptors (Lipinski definition) is 1. The van der Waals surface area contributed by atoms with E-state index in [9.17, 15) is 0 Å². The minimum Gasteiger partial charge on any atom is -0.374 e. The molecule has 1 aliphatic carbocycles. The fraction of sp³-hybridized carbons (Fsp3) is 0.600. The third-order valence-electron chi connectivity index (χ3n) is 3.80. The summed E-state index contributed by atoms with van der Waals surface area (Å²) in [6, 6.07) is 8.70. The number of para-hydroxylation sites is 1. The van der Waals surface area contributed by atoms with Crippen LogP contribution in [0.1, 0.15) is 37.7 Å². The zero-order valence-corrected chi connectivity index (χ0v) is 12.2. The highest BCUT2D eigenvalue weighted by atomic mass is 79.9. The monoisotopic (exact) mass is 295 g/mol. The number of alkyl halides is 1. The lowest BCUT2D eigenvalue weighted by Crippen LogP contribution is -2.27. The first-order valence-electron chi connectivity index (χ1n) is 6.66. The van der Waals surface area contributed by atoms with Gasteiger partial charge in [-0.1, -0.05) is 53.4 Å². The molecule has 0 amide bonds. The molecule has 0 N–H and O–H groups in total. The van der Waals surface area contributed by atoms with Crippen molar-refractivity contribution in [1.29, 1.82) is 0 Å². The van der Waals surface area contributed by atoms with Gasteiger partial charge in [-0.15, -0.1) is 0 Å². The summed E-state index contributed by atoms with van der Waals surface area (Å²) < 4.78 is 0. The Morgan fingerprint density at radius 3 is 2.59 bits per heavy atom. The topological polar surface area (TPSA) is 3.24 Å².